The molecule has 4 nitrogen and oxygen atoms in total. The molecule has 1 saturated heterocycles. The third kappa shape index (κ3) is 3.45. The van der Waals surface area contributed by atoms with Gasteiger partial charge in [0.15, 0.2) is 0 Å². The van der Waals surface area contributed by atoms with Crippen molar-refractivity contribution < 1.29 is 4.74 Å². The largest absolute Gasteiger partial charge is 0.377 e. The van der Waals surface area contributed by atoms with E-state index in [-0.39, 0.29) is 12.1 Å². The summed E-state index contributed by atoms with van der Waals surface area (Å²) in [5.74, 6) is 0. The van der Waals surface area contributed by atoms with Crippen LogP contribution in [-0.4, -0.2) is 49.8 Å². The van der Waals surface area contributed by atoms with E-state index in [1.165, 1.54) is 0 Å². The quantitative estimate of drug-likeness (QED) is 0.723. The zero-order valence-electron chi connectivity index (χ0n) is 9.86. The highest BCUT2D eigenvalue weighted by Gasteiger charge is 2.28. The molecule has 0 aromatic heterocycles. The van der Waals surface area contributed by atoms with Crippen LogP contribution in [0, 0.1) is 11.3 Å². The Hall–Kier alpha value is -0.630. The lowest BCUT2D eigenvalue weighted by Gasteiger charge is -2.28. The van der Waals surface area contributed by atoms with Crippen LogP contribution in [0.15, 0.2) is 0 Å². The Morgan fingerprint density at radius 3 is 2.87 bits per heavy atom. The fraction of sp³-hybridized carbons (Fsp3) is 0.909. The molecule has 3 atom stereocenters. The number of rotatable bonds is 5. The standard InChI is InChI=1S/C11H21N3O/c1-4-13-10(7-12)8-14(3)11-5-6-15-9(11)2/h9-11,13H,4-6,8H2,1-3H3. The molecule has 1 aliphatic rings. The lowest BCUT2D eigenvalue weighted by Crippen LogP contribution is -2.45. The lowest BCUT2D eigenvalue weighted by atomic mass is 10.1. The molecule has 15 heavy (non-hydrogen) atoms. The predicted octanol–water partition coefficient (Wildman–Crippen LogP) is 0.597. The van der Waals surface area contributed by atoms with Crippen LogP contribution in [0.3, 0.4) is 0 Å². The molecular formula is C11H21N3O. The van der Waals surface area contributed by atoms with Crippen molar-refractivity contribution in [3.8, 4) is 6.07 Å². The van der Waals surface area contributed by atoms with Crippen molar-refractivity contribution in [2.45, 2.75) is 38.5 Å². The van der Waals surface area contributed by atoms with Gasteiger partial charge in [-0.1, -0.05) is 6.92 Å². The van der Waals surface area contributed by atoms with E-state index in [9.17, 15) is 0 Å². The van der Waals surface area contributed by atoms with Crippen LogP contribution in [0.5, 0.6) is 0 Å². The number of likely N-dealkylation sites (N-methyl/N-ethyl adjacent to an activating group) is 2. The van der Waals surface area contributed by atoms with E-state index in [2.05, 4.69) is 30.3 Å². The van der Waals surface area contributed by atoms with Crippen LogP contribution in [0.2, 0.25) is 0 Å². The number of nitriles is 1. The monoisotopic (exact) mass is 211 g/mol. The van der Waals surface area contributed by atoms with Gasteiger partial charge < -0.3 is 10.1 Å². The van der Waals surface area contributed by atoms with E-state index in [0.717, 1.165) is 26.1 Å². The minimum Gasteiger partial charge on any atom is -0.377 e. The van der Waals surface area contributed by atoms with Crippen LogP contribution in [0.4, 0.5) is 0 Å². The maximum Gasteiger partial charge on any atom is 0.108 e. The average molecular weight is 211 g/mol. The van der Waals surface area contributed by atoms with E-state index < -0.39 is 0 Å². The summed E-state index contributed by atoms with van der Waals surface area (Å²) in [7, 11) is 2.07. The molecular weight excluding hydrogens is 190 g/mol. The number of hydrogen-bond donors (Lipinski definition) is 1. The van der Waals surface area contributed by atoms with Gasteiger partial charge in [-0.3, -0.25) is 4.90 Å². The third-order valence-corrected chi connectivity index (χ3v) is 2.98. The molecule has 1 heterocycles. The maximum absolute atomic E-state index is 8.94. The molecule has 0 aromatic carbocycles. The summed E-state index contributed by atoms with van der Waals surface area (Å²) in [6, 6.07) is 2.66. The SMILES string of the molecule is CCNC(C#N)CN(C)C1CCOC1C. The zero-order valence-corrected chi connectivity index (χ0v) is 9.86. The third-order valence-electron chi connectivity index (χ3n) is 2.98. The Morgan fingerprint density at radius 1 is 1.67 bits per heavy atom. The average Bonchev–Trinajstić information content (AvgIpc) is 2.63. The molecule has 0 bridgehead atoms. The van der Waals surface area contributed by atoms with Crippen LogP contribution < -0.4 is 5.32 Å². The number of ether oxygens (including phenoxy) is 1. The van der Waals surface area contributed by atoms with E-state index >= 15 is 0 Å². The van der Waals surface area contributed by atoms with Crippen molar-refractivity contribution in [1.82, 2.24) is 10.2 Å². The molecule has 0 aliphatic carbocycles. The van der Waals surface area contributed by atoms with Crippen LogP contribution in [0.1, 0.15) is 20.3 Å². The molecule has 1 N–H and O–H groups in total. The highest BCUT2D eigenvalue weighted by molar-refractivity contribution is 4.93. The van der Waals surface area contributed by atoms with Gasteiger partial charge in [0.05, 0.1) is 12.2 Å². The van der Waals surface area contributed by atoms with Gasteiger partial charge in [-0.2, -0.15) is 5.26 Å². The van der Waals surface area contributed by atoms with Crippen molar-refractivity contribution >= 4 is 0 Å². The van der Waals surface area contributed by atoms with Gasteiger partial charge in [-0.05, 0) is 26.9 Å². The van der Waals surface area contributed by atoms with Crippen LogP contribution >= 0.6 is 0 Å². The molecule has 0 radical (unpaired) electrons. The molecule has 4 heteroatoms. The van der Waals surface area contributed by atoms with Gasteiger partial charge in [-0.25, -0.2) is 0 Å². The lowest BCUT2D eigenvalue weighted by molar-refractivity contribution is 0.0822. The summed E-state index contributed by atoms with van der Waals surface area (Å²) in [5.41, 5.74) is 0. The smallest absolute Gasteiger partial charge is 0.108 e. The summed E-state index contributed by atoms with van der Waals surface area (Å²) < 4.78 is 5.52. The fourth-order valence-corrected chi connectivity index (χ4v) is 2.12. The minimum atomic E-state index is -0.0761. The first-order valence-electron chi connectivity index (χ1n) is 5.63. The summed E-state index contributed by atoms with van der Waals surface area (Å²) in [5, 5.41) is 12.1. The number of nitrogens with one attached hydrogen (secondary N) is 1. The Kier molecular flexibility index (Phi) is 5.03. The second-order valence-corrected chi connectivity index (χ2v) is 4.11. The van der Waals surface area contributed by atoms with Crippen molar-refractivity contribution in [3.05, 3.63) is 0 Å². The topological polar surface area (TPSA) is 48.3 Å². The molecule has 0 saturated carbocycles. The summed E-state index contributed by atoms with van der Waals surface area (Å²) >= 11 is 0. The van der Waals surface area contributed by atoms with Crippen molar-refractivity contribution in [2.75, 3.05) is 26.7 Å². The zero-order chi connectivity index (χ0) is 11.3. The fourth-order valence-electron chi connectivity index (χ4n) is 2.12. The summed E-state index contributed by atoms with van der Waals surface area (Å²) in [4.78, 5) is 2.23. The Morgan fingerprint density at radius 2 is 2.40 bits per heavy atom. The molecule has 3 unspecified atom stereocenters. The Bertz CT molecular complexity index is 226. The van der Waals surface area contributed by atoms with E-state index in [0.29, 0.717) is 6.04 Å². The molecule has 0 aromatic rings. The molecule has 1 aliphatic heterocycles. The highest BCUT2D eigenvalue weighted by atomic mass is 16.5. The van der Waals surface area contributed by atoms with E-state index in [1.54, 1.807) is 0 Å². The maximum atomic E-state index is 8.94. The normalized spacial score (nSPS) is 27.9. The number of nitrogens with zero attached hydrogens (tertiary/aromatic N) is 2. The van der Waals surface area contributed by atoms with Gasteiger partial charge in [0.1, 0.15) is 6.04 Å². The molecule has 86 valence electrons. The highest BCUT2D eigenvalue weighted by Crippen LogP contribution is 2.18. The Labute approximate surface area is 92.2 Å². The van der Waals surface area contributed by atoms with Gasteiger partial charge in [-0.15, -0.1) is 0 Å². The van der Waals surface area contributed by atoms with Crippen molar-refractivity contribution in [2.24, 2.45) is 0 Å². The van der Waals surface area contributed by atoms with Crippen LogP contribution in [-0.2, 0) is 4.74 Å². The molecule has 1 rings (SSSR count). The summed E-state index contributed by atoms with van der Waals surface area (Å²) in [6.45, 7) is 6.56. The molecule has 1 fully saturated rings. The van der Waals surface area contributed by atoms with Crippen LogP contribution in [0.25, 0.3) is 0 Å². The minimum absolute atomic E-state index is 0.0761. The van der Waals surface area contributed by atoms with Gasteiger partial charge in [0.25, 0.3) is 0 Å². The first kappa shape index (κ1) is 12.4. The van der Waals surface area contributed by atoms with Crippen molar-refractivity contribution in [1.29, 1.82) is 5.26 Å². The second-order valence-electron chi connectivity index (χ2n) is 4.11. The second kappa shape index (κ2) is 6.06. The first-order valence-corrected chi connectivity index (χ1v) is 5.63. The predicted molar refractivity (Wildman–Crippen MR) is 59.5 cm³/mol. The Balaban J connectivity index is 2.39. The molecule has 0 spiro atoms. The van der Waals surface area contributed by atoms with Gasteiger partial charge in [0, 0.05) is 19.2 Å². The van der Waals surface area contributed by atoms with E-state index in [4.69, 9.17) is 10.00 Å². The van der Waals surface area contributed by atoms with Gasteiger partial charge in [0.2, 0.25) is 0 Å². The molecule has 0 amide bonds. The number of hydrogen-bond acceptors (Lipinski definition) is 4. The summed E-state index contributed by atoms with van der Waals surface area (Å²) in [6.07, 6.45) is 1.36. The van der Waals surface area contributed by atoms with E-state index in [1.807, 2.05) is 6.92 Å². The van der Waals surface area contributed by atoms with Gasteiger partial charge >= 0.3 is 0 Å². The first-order chi connectivity index (χ1) is 7.19. The van der Waals surface area contributed by atoms with Crippen molar-refractivity contribution in [3.63, 3.8) is 0 Å².